The van der Waals surface area contributed by atoms with E-state index in [1.807, 2.05) is 31.3 Å². The molecule has 0 bridgehead atoms. The van der Waals surface area contributed by atoms with E-state index in [1.54, 1.807) is 6.20 Å². The summed E-state index contributed by atoms with van der Waals surface area (Å²) < 4.78 is 5.83. The van der Waals surface area contributed by atoms with E-state index in [4.69, 9.17) is 4.74 Å². The molecular weight excluding hydrogens is 248 g/mol. The third-order valence-corrected chi connectivity index (χ3v) is 3.59. The van der Waals surface area contributed by atoms with Gasteiger partial charge in [0.15, 0.2) is 0 Å². The molecule has 1 atom stereocenters. The molecule has 0 spiro atoms. The summed E-state index contributed by atoms with van der Waals surface area (Å²) in [6.45, 7) is 6.32. The fraction of sp³-hybridized carbons (Fsp3) is 0.353. The number of pyridine rings is 1. The zero-order valence-electron chi connectivity index (χ0n) is 12.6. The van der Waals surface area contributed by atoms with Crippen LogP contribution in [0.25, 0.3) is 0 Å². The van der Waals surface area contributed by atoms with E-state index in [2.05, 4.69) is 37.1 Å². The summed E-state index contributed by atoms with van der Waals surface area (Å²) in [6, 6.07) is 10.4. The van der Waals surface area contributed by atoms with Crippen molar-refractivity contribution in [3.8, 4) is 11.5 Å². The van der Waals surface area contributed by atoms with Crippen molar-refractivity contribution < 1.29 is 4.74 Å². The molecular formula is C17H22N2O. The van der Waals surface area contributed by atoms with E-state index in [0.717, 1.165) is 23.6 Å². The largest absolute Gasteiger partial charge is 0.456 e. The SMILES string of the molecule is CCC(NC)c1ccc(Oc2ccc(C)c(C)c2)cn1. The highest BCUT2D eigenvalue weighted by Gasteiger charge is 2.08. The van der Waals surface area contributed by atoms with Gasteiger partial charge in [-0.15, -0.1) is 0 Å². The number of benzene rings is 1. The molecule has 20 heavy (non-hydrogen) atoms. The fourth-order valence-electron chi connectivity index (χ4n) is 2.13. The molecule has 0 fully saturated rings. The number of aromatic nitrogens is 1. The lowest BCUT2D eigenvalue weighted by atomic mass is 10.1. The number of nitrogens with one attached hydrogen (secondary N) is 1. The molecule has 0 saturated heterocycles. The first-order valence-corrected chi connectivity index (χ1v) is 7.02. The summed E-state index contributed by atoms with van der Waals surface area (Å²) in [4.78, 5) is 4.47. The van der Waals surface area contributed by atoms with Crippen LogP contribution in [-0.4, -0.2) is 12.0 Å². The van der Waals surface area contributed by atoms with Crippen molar-refractivity contribution in [3.63, 3.8) is 0 Å². The second-order valence-corrected chi connectivity index (χ2v) is 5.02. The van der Waals surface area contributed by atoms with Crippen molar-refractivity contribution in [3.05, 3.63) is 53.3 Å². The first-order chi connectivity index (χ1) is 9.63. The molecule has 0 aliphatic carbocycles. The molecule has 1 heterocycles. The Balaban J connectivity index is 2.12. The zero-order chi connectivity index (χ0) is 14.5. The average molecular weight is 270 g/mol. The van der Waals surface area contributed by atoms with Crippen molar-refractivity contribution >= 4 is 0 Å². The summed E-state index contributed by atoms with van der Waals surface area (Å²) in [7, 11) is 1.95. The fourth-order valence-corrected chi connectivity index (χ4v) is 2.13. The Bertz CT molecular complexity index is 560. The van der Waals surface area contributed by atoms with Gasteiger partial charge < -0.3 is 10.1 Å². The number of hydrogen-bond donors (Lipinski definition) is 1. The van der Waals surface area contributed by atoms with Crippen LogP contribution in [0, 0.1) is 13.8 Å². The quantitative estimate of drug-likeness (QED) is 0.885. The van der Waals surface area contributed by atoms with E-state index < -0.39 is 0 Å². The van der Waals surface area contributed by atoms with Gasteiger partial charge in [0.05, 0.1) is 11.9 Å². The minimum atomic E-state index is 0.297. The van der Waals surface area contributed by atoms with Gasteiger partial charge in [-0.3, -0.25) is 4.98 Å². The van der Waals surface area contributed by atoms with Gasteiger partial charge in [0.1, 0.15) is 11.5 Å². The van der Waals surface area contributed by atoms with Crippen molar-refractivity contribution in [1.29, 1.82) is 0 Å². The van der Waals surface area contributed by atoms with Crippen molar-refractivity contribution in [2.24, 2.45) is 0 Å². The molecule has 0 saturated carbocycles. The topological polar surface area (TPSA) is 34.1 Å². The molecule has 1 aromatic carbocycles. The van der Waals surface area contributed by atoms with Crippen molar-refractivity contribution in [2.45, 2.75) is 33.2 Å². The lowest BCUT2D eigenvalue weighted by molar-refractivity contribution is 0.477. The van der Waals surface area contributed by atoms with Gasteiger partial charge in [-0.25, -0.2) is 0 Å². The van der Waals surface area contributed by atoms with Crippen LogP contribution < -0.4 is 10.1 Å². The number of aryl methyl sites for hydroxylation is 2. The van der Waals surface area contributed by atoms with Gasteiger partial charge >= 0.3 is 0 Å². The Morgan fingerprint density at radius 3 is 2.40 bits per heavy atom. The Morgan fingerprint density at radius 2 is 1.85 bits per heavy atom. The first-order valence-electron chi connectivity index (χ1n) is 7.02. The standard InChI is InChI=1S/C17H22N2O/c1-5-16(18-4)17-9-8-15(11-19-17)20-14-7-6-12(2)13(3)10-14/h6-11,16,18H,5H2,1-4H3. The Hall–Kier alpha value is -1.87. The molecule has 0 aliphatic heterocycles. The van der Waals surface area contributed by atoms with Crippen LogP contribution in [0.3, 0.4) is 0 Å². The van der Waals surface area contributed by atoms with Gasteiger partial charge in [0.2, 0.25) is 0 Å². The predicted molar refractivity (Wildman–Crippen MR) is 82.3 cm³/mol. The van der Waals surface area contributed by atoms with Gasteiger partial charge in [-0.1, -0.05) is 13.0 Å². The molecule has 0 aliphatic rings. The predicted octanol–water partition coefficient (Wildman–Crippen LogP) is 4.16. The minimum Gasteiger partial charge on any atom is -0.456 e. The van der Waals surface area contributed by atoms with Crippen molar-refractivity contribution in [1.82, 2.24) is 10.3 Å². The van der Waals surface area contributed by atoms with Crippen LogP contribution in [0.4, 0.5) is 0 Å². The lowest BCUT2D eigenvalue weighted by Crippen LogP contribution is -2.16. The molecule has 1 aromatic heterocycles. The molecule has 0 amide bonds. The zero-order valence-corrected chi connectivity index (χ0v) is 12.6. The molecule has 106 valence electrons. The average Bonchev–Trinajstić information content (AvgIpc) is 2.46. The number of nitrogens with zero attached hydrogens (tertiary/aromatic N) is 1. The Kier molecular flexibility index (Phi) is 4.74. The molecule has 2 rings (SSSR count). The molecule has 1 N–H and O–H groups in total. The van der Waals surface area contributed by atoms with Gasteiger partial charge in [0.25, 0.3) is 0 Å². The number of hydrogen-bond acceptors (Lipinski definition) is 3. The van der Waals surface area contributed by atoms with E-state index in [0.29, 0.717) is 6.04 Å². The molecule has 2 aromatic rings. The van der Waals surface area contributed by atoms with Crippen molar-refractivity contribution in [2.75, 3.05) is 7.05 Å². The smallest absolute Gasteiger partial charge is 0.145 e. The summed E-state index contributed by atoms with van der Waals surface area (Å²) in [6.07, 6.45) is 2.80. The van der Waals surface area contributed by atoms with E-state index >= 15 is 0 Å². The maximum Gasteiger partial charge on any atom is 0.145 e. The minimum absolute atomic E-state index is 0.297. The summed E-state index contributed by atoms with van der Waals surface area (Å²) in [5, 5.41) is 3.25. The molecule has 1 unspecified atom stereocenters. The normalized spacial score (nSPS) is 12.2. The van der Waals surface area contributed by atoms with Crippen LogP contribution >= 0.6 is 0 Å². The van der Waals surface area contributed by atoms with Crippen LogP contribution in [0.15, 0.2) is 36.5 Å². The molecule has 0 radical (unpaired) electrons. The Labute approximate surface area is 121 Å². The monoisotopic (exact) mass is 270 g/mol. The number of rotatable bonds is 5. The highest BCUT2D eigenvalue weighted by atomic mass is 16.5. The maximum atomic E-state index is 5.83. The third-order valence-electron chi connectivity index (χ3n) is 3.59. The summed E-state index contributed by atoms with van der Waals surface area (Å²) >= 11 is 0. The molecule has 3 heteroatoms. The highest BCUT2D eigenvalue weighted by Crippen LogP contribution is 2.24. The van der Waals surface area contributed by atoms with Gasteiger partial charge in [-0.2, -0.15) is 0 Å². The van der Waals surface area contributed by atoms with Gasteiger partial charge in [0, 0.05) is 6.04 Å². The van der Waals surface area contributed by atoms with Crippen LogP contribution in [0.1, 0.15) is 36.2 Å². The molecule has 3 nitrogen and oxygen atoms in total. The summed E-state index contributed by atoms with van der Waals surface area (Å²) in [5.74, 6) is 1.62. The van der Waals surface area contributed by atoms with Crippen LogP contribution in [-0.2, 0) is 0 Å². The van der Waals surface area contributed by atoms with Crippen LogP contribution in [0.2, 0.25) is 0 Å². The maximum absolute atomic E-state index is 5.83. The lowest BCUT2D eigenvalue weighted by Gasteiger charge is -2.13. The van der Waals surface area contributed by atoms with E-state index in [1.165, 1.54) is 11.1 Å². The second-order valence-electron chi connectivity index (χ2n) is 5.02. The van der Waals surface area contributed by atoms with Crippen LogP contribution in [0.5, 0.6) is 11.5 Å². The van der Waals surface area contributed by atoms with Gasteiger partial charge in [-0.05, 0) is 62.7 Å². The Morgan fingerprint density at radius 1 is 1.10 bits per heavy atom. The second kappa shape index (κ2) is 6.53. The van der Waals surface area contributed by atoms with E-state index in [9.17, 15) is 0 Å². The highest BCUT2D eigenvalue weighted by molar-refractivity contribution is 5.36. The van der Waals surface area contributed by atoms with E-state index in [-0.39, 0.29) is 0 Å². The first kappa shape index (κ1) is 14.5. The summed E-state index contributed by atoms with van der Waals surface area (Å²) in [5.41, 5.74) is 3.54. The third kappa shape index (κ3) is 3.36. The number of ether oxygens (including phenoxy) is 1.